The summed E-state index contributed by atoms with van der Waals surface area (Å²) in [5, 5.41) is 0. The highest BCUT2D eigenvalue weighted by atomic mass is 16.5. The topological polar surface area (TPSA) is 63.0 Å². The van der Waals surface area contributed by atoms with Crippen LogP contribution in [-0.4, -0.2) is 75.0 Å². The van der Waals surface area contributed by atoms with E-state index in [2.05, 4.69) is 34.8 Å². The van der Waals surface area contributed by atoms with Crippen molar-refractivity contribution in [3.63, 3.8) is 0 Å². The molecule has 2 fully saturated rings. The number of carbonyl (C=O) groups is 1. The van der Waals surface area contributed by atoms with Gasteiger partial charge in [0.05, 0.1) is 17.9 Å². The number of carbonyl (C=O) groups excluding carboxylic acids is 1. The number of aromatic nitrogens is 3. The number of imidazole rings is 1. The molecule has 1 spiro atoms. The monoisotopic (exact) mass is 383 g/mol. The van der Waals surface area contributed by atoms with Crippen LogP contribution in [0.3, 0.4) is 0 Å². The van der Waals surface area contributed by atoms with Gasteiger partial charge in [-0.3, -0.25) is 14.1 Å². The van der Waals surface area contributed by atoms with E-state index >= 15 is 0 Å². The normalized spacial score (nSPS) is 19.9. The van der Waals surface area contributed by atoms with Crippen molar-refractivity contribution in [3.8, 4) is 0 Å². The third-order valence-electron chi connectivity index (χ3n) is 5.83. The molecule has 0 atom stereocenters. The van der Waals surface area contributed by atoms with Crippen LogP contribution in [0.25, 0.3) is 5.78 Å². The average molecular weight is 383 g/mol. The number of hydrogen-bond donors (Lipinski definition) is 0. The van der Waals surface area contributed by atoms with Crippen molar-refractivity contribution >= 4 is 11.7 Å². The number of likely N-dealkylation sites (tertiary alicyclic amines) is 1. The molecular weight excluding hydrogens is 354 g/mol. The first kappa shape index (κ1) is 19.1. The smallest absolute Gasteiger partial charge is 0.272 e. The number of allylic oxidation sites excluding steroid dienone is 1. The van der Waals surface area contributed by atoms with Gasteiger partial charge >= 0.3 is 0 Å². The Morgan fingerprint density at radius 1 is 1.29 bits per heavy atom. The molecule has 2 saturated heterocycles. The van der Waals surface area contributed by atoms with E-state index in [1.54, 1.807) is 10.6 Å². The average Bonchev–Trinajstić information content (AvgIpc) is 3.02. The lowest BCUT2D eigenvalue weighted by Crippen LogP contribution is -2.57. The molecule has 2 aromatic heterocycles. The quantitative estimate of drug-likeness (QED) is 0.761. The number of nitrogens with zero attached hydrogens (tertiary/aromatic N) is 5. The first-order valence-electron chi connectivity index (χ1n) is 10.1. The molecule has 2 aliphatic rings. The fourth-order valence-electron chi connectivity index (χ4n) is 4.22. The van der Waals surface area contributed by atoms with Crippen molar-refractivity contribution < 1.29 is 9.53 Å². The highest BCUT2D eigenvalue weighted by molar-refractivity contribution is 5.94. The van der Waals surface area contributed by atoms with Crippen molar-refractivity contribution in [2.45, 2.75) is 39.2 Å². The van der Waals surface area contributed by atoms with Gasteiger partial charge in [-0.05, 0) is 39.7 Å². The van der Waals surface area contributed by atoms with E-state index < -0.39 is 0 Å². The van der Waals surface area contributed by atoms with Crippen molar-refractivity contribution in [2.24, 2.45) is 0 Å². The zero-order chi connectivity index (χ0) is 19.7. The molecule has 0 aliphatic carbocycles. The van der Waals surface area contributed by atoms with E-state index in [1.807, 2.05) is 24.1 Å². The molecule has 7 heteroatoms. The first-order valence-corrected chi connectivity index (χ1v) is 10.1. The van der Waals surface area contributed by atoms with Crippen LogP contribution >= 0.6 is 0 Å². The van der Waals surface area contributed by atoms with Crippen LogP contribution in [0.2, 0.25) is 0 Å². The lowest BCUT2D eigenvalue weighted by atomic mass is 9.89. The Morgan fingerprint density at radius 3 is 2.82 bits per heavy atom. The Balaban J connectivity index is 1.44. The third kappa shape index (κ3) is 3.69. The molecule has 2 aliphatic heterocycles. The molecule has 28 heavy (non-hydrogen) atoms. The number of amides is 1. The standard InChI is InChI=1S/C21H29N5O2/c1-16(2)5-10-24-13-14-28-21(15-24)6-11-25(12-7-21)19(27)18-17(3)23-20-22-8-4-9-26(18)20/h4-5,8-9H,6-7,10-15H2,1-3H3. The summed E-state index contributed by atoms with van der Waals surface area (Å²) in [6.07, 6.45) is 7.57. The Labute approximate surface area is 166 Å². The van der Waals surface area contributed by atoms with Crippen LogP contribution < -0.4 is 0 Å². The lowest BCUT2D eigenvalue weighted by molar-refractivity contribution is -0.130. The summed E-state index contributed by atoms with van der Waals surface area (Å²) in [4.78, 5) is 26.3. The van der Waals surface area contributed by atoms with Crippen LogP contribution in [0.4, 0.5) is 0 Å². The Morgan fingerprint density at radius 2 is 2.07 bits per heavy atom. The highest BCUT2D eigenvalue weighted by Crippen LogP contribution is 2.31. The Hall–Kier alpha value is -2.25. The second kappa shape index (κ2) is 7.64. The summed E-state index contributed by atoms with van der Waals surface area (Å²) < 4.78 is 8.02. The molecule has 4 rings (SSSR count). The molecule has 0 aromatic carbocycles. The van der Waals surface area contributed by atoms with E-state index in [1.165, 1.54) is 5.57 Å². The molecule has 0 bridgehead atoms. The second-order valence-corrected chi connectivity index (χ2v) is 8.18. The molecule has 0 saturated carbocycles. The summed E-state index contributed by atoms with van der Waals surface area (Å²) in [7, 11) is 0. The molecule has 2 aromatic rings. The minimum absolute atomic E-state index is 0.0325. The van der Waals surface area contributed by atoms with Gasteiger partial charge in [0.1, 0.15) is 5.69 Å². The molecule has 150 valence electrons. The lowest BCUT2D eigenvalue weighted by Gasteiger charge is -2.47. The van der Waals surface area contributed by atoms with Gasteiger partial charge in [0.15, 0.2) is 0 Å². The largest absolute Gasteiger partial charge is 0.372 e. The minimum atomic E-state index is -0.124. The van der Waals surface area contributed by atoms with Gasteiger partial charge in [0.2, 0.25) is 5.78 Å². The maximum atomic E-state index is 13.2. The molecule has 0 N–H and O–H groups in total. The van der Waals surface area contributed by atoms with E-state index in [0.717, 1.165) is 44.8 Å². The zero-order valence-electron chi connectivity index (χ0n) is 17.0. The maximum absolute atomic E-state index is 13.2. The van der Waals surface area contributed by atoms with E-state index in [4.69, 9.17) is 4.74 Å². The number of rotatable bonds is 3. The van der Waals surface area contributed by atoms with Crippen LogP contribution in [0, 0.1) is 6.92 Å². The van der Waals surface area contributed by atoms with Crippen LogP contribution in [0.1, 0.15) is 42.9 Å². The fourth-order valence-corrected chi connectivity index (χ4v) is 4.22. The number of hydrogen-bond acceptors (Lipinski definition) is 5. The first-order chi connectivity index (χ1) is 13.5. The number of morpholine rings is 1. The van der Waals surface area contributed by atoms with Crippen LogP contribution in [0.5, 0.6) is 0 Å². The molecule has 4 heterocycles. The molecule has 0 unspecified atom stereocenters. The SMILES string of the molecule is CC(C)=CCN1CCOC2(CCN(C(=O)c3c(C)nc4ncccn34)CC2)C1. The summed E-state index contributed by atoms with van der Waals surface area (Å²) in [5.74, 6) is 0.604. The van der Waals surface area contributed by atoms with Gasteiger partial charge in [0, 0.05) is 45.1 Å². The van der Waals surface area contributed by atoms with Crippen LogP contribution in [0.15, 0.2) is 30.1 Å². The Kier molecular flexibility index (Phi) is 5.21. The Bertz CT molecular complexity index is 891. The third-order valence-corrected chi connectivity index (χ3v) is 5.83. The predicted molar refractivity (Wildman–Crippen MR) is 107 cm³/mol. The van der Waals surface area contributed by atoms with Crippen molar-refractivity contribution in [1.82, 2.24) is 24.2 Å². The number of fused-ring (bicyclic) bond motifs is 1. The predicted octanol–water partition coefficient (Wildman–Crippen LogP) is 2.31. The number of piperidine rings is 1. The van der Waals surface area contributed by atoms with Gasteiger partial charge in [0.25, 0.3) is 5.91 Å². The second-order valence-electron chi connectivity index (χ2n) is 8.18. The number of aryl methyl sites for hydroxylation is 1. The summed E-state index contributed by atoms with van der Waals surface area (Å²) >= 11 is 0. The van der Waals surface area contributed by atoms with E-state index in [0.29, 0.717) is 24.6 Å². The van der Waals surface area contributed by atoms with Crippen molar-refractivity contribution in [3.05, 3.63) is 41.5 Å². The fraction of sp³-hybridized carbons (Fsp3) is 0.571. The van der Waals surface area contributed by atoms with Gasteiger partial charge in [-0.2, -0.15) is 0 Å². The molecular formula is C21H29N5O2. The summed E-state index contributed by atoms with van der Waals surface area (Å²) in [5.41, 5.74) is 2.57. The zero-order valence-corrected chi connectivity index (χ0v) is 17.0. The van der Waals surface area contributed by atoms with E-state index in [9.17, 15) is 4.79 Å². The highest BCUT2D eigenvalue weighted by Gasteiger charge is 2.41. The summed E-state index contributed by atoms with van der Waals surface area (Å²) in [6.45, 7) is 11.2. The number of ether oxygens (including phenoxy) is 1. The molecule has 0 radical (unpaired) electrons. The molecule has 7 nitrogen and oxygen atoms in total. The minimum Gasteiger partial charge on any atom is -0.372 e. The van der Waals surface area contributed by atoms with E-state index in [-0.39, 0.29) is 11.5 Å². The van der Waals surface area contributed by atoms with Crippen molar-refractivity contribution in [2.75, 3.05) is 39.3 Å². The van der Waals surface area contributed by atoms with Gasteiger partial charge in [-0.25, -0.2) is 9.97 Å². The van der Waals surface area contributed by atoms with Crippen molar-refractivity contribution in [1.29, 1.82) is 0 Å². The van der Waals surface area contributed by atoms with Crippen LogP contribution in [-0.2, 0) is 4.74 Å². The van der Waals surface area contributed by atoms with Gasteiger partial charge in [-0.15, -0.1) is 0 Å². The maximum Gasteiger partial charge on any atom is 0.272 e. The molecule has 1 amide bonds. The van der Waals surface area contributed by atoms with Gasteiger partial charge < -0.3 is 9.64 Å². The van der Waals surface area contributed by atoms with Gasteiger partial charge in [-0.1, -0.05) is 11.6 Å². The summed E-state index contributed by atoms with van der Waals surface area (Å²) in [6, 6.07) is 1.83.